The van der Waals surface area contributed by atoms with Crippen LogP contribution in [-0.4, -0.2) is 56.2 Å². The highest BCUT2D eigenvalue weighted by atomic mass is 35.5. The largest absolute Gasteiger partial charge is 1.00 e. The highest BCUT2D eigenvalue weighted by Crippen LogP contribution is 2.36. The summed E-state index contributed by atoms with van der Waals surface area (Å²) in [5.74, 6) is 1.47. The van der Waals surface area contributed by atoms with E-state index in [9.17, 15) is 4.79 Å². The Hall–Kier alpha value is -1.83. The van der Waals surface area contributed by atoms with Crippen LogP contribution in [0.5, 0.6) is 11.5 Å². The second-order valence-electron chi connectivity index (χ2n) is 6.13. The lowest BCUT2D eigenvalue weighted by Gasteiger charge is -2.21. The van der Waals surface area contributed by atoms with Crippen LogP contribution in [0, 0.1) is 0 Å². The average Bonchev–Trinajstić information content (AvgIpc) is 3.16. The van der Waals surface area contributed by atoms with E-state index < -0.39 is 0 Å². The number of hydrogen-bond acceptors (Lipinski definition) is 6. The van der Waals surface area contributed by atoms with E-state index >= 15 is 0 Å². The number of anilines is 1. The summed E-state index contributed by atoms with van der Waals surface area (Å²) < 4.78 is 10.8. The van der Waals surface area contributed by atoms with Crippen molar-refractivity contribution in [2.24, 2.45) is 0 Å². The van der Waals surface area contributed by atoms with Crippen molar-refractivity contribution in [2.75, 3.05) is 45.3 Å². The van der Waals surface area contributed by atoms with Crippen molar-refractivity contribution in [3.8, 4) is 22.8 Å². The molecule has 0 unspecified atom stereocenters. The molecule has 6 nitrogen and oxygen atoms in total. The number of halogens is 1. The number of amides is 1. The zero-order chi connectivity index (χ0) is 19.8. The number of methoxy groups -OCH3 is 2. The summed E-state index contributed by atoms with van der Waals surface area (Å²) in [5, 5.41) is 2.66. The summed E-state index contributed by atoms with van der Waals surface area (Å²) in [6.07, 6.45) is 0.915. The topological polar surface area (TPSA) is 54.9 Å². The van der Waals surface area contributed by atoms with E-state index in [-0.39, 0.29) is 18.3 Å². The molecule has 2 rings (SSSR count). The Morgan fingerprint density at radius 2 is 1.86 bits per heavy atom. The molecule has 8 heteroatoms. The maximum absolute atomic E-state index is 12.2. The minimum atomic E-state index is 0. The van der Waals surface area contributed by atoms with Crippen molar-refractivity contribution in [3.05, 3.63) is 23.6 Å². The van der Waals surface area contributed by atoms with Gasteiger partial charge in [0.25, 0.3) is 0 Å². The first-order valence-electron chi connectivity index (χ1n) is 9.22. The fraction of sp³-hybridized carbons (Fsp3) is 0.500. The third kappa shape index (κ3) is 6.09. The number of benzene rings is 1. The summed E-state index contributed by atoms with van der Waals surface area (Å²) in [5.41, 5.74) is 1.63. The second kappa shape index (κ2) is 11.9. The Balaban J connectivity index is 0.00000392. The molecule has 0 aliphatic rings. The summed E-state index contributed by atoms with van der Waals surface area (Å²) >= 11 is 1.47. The number of thiazole rings is 1. The van der Waals surface area contributed by atoms with E-state index in [1.165, 1.54) is 11.3 Å². The van der Waals surface area contributed by atoms with E-state index in [2.05, 4.69) is 18.7 Å². The minimum Gasteiger partial charge on any atom is -1.00 e. The fourth-order valence-electron chi connectivity index (χ4n) is 2.91. The molecule has 0 fully saturated rings. The summed E-state index contributed by atoms with van der Waals surface area (Å²) in [4.78, 5) is 21.0. The summed E-state index contributed by atoms with van der Waals surface area (Å²) in [6, 6.07) is 5.61. The molecule has 0 saturated heterocycles. The van der Waals surface area contributed by atoms with Crippen LogP contribution < -0.4 is 26.8 Å². The monoisotopic (exact) mass is 426 g/mol. The molecule has 2 aromatic rings. The van der Waals surface area contributed by atoms with Gasteiger partial charge in [0.05, 0.1) is 19.9 Å². The number of ether oxygens (including phenoxy) is 2. The molecule has 0 saturated carbocycles. The first kappa shape index (κ1) is 24.2. The number of aromatic nitrogens is 1. The summed E-state index contributed by atoms with van der Waals surface area (Å²) in [7, 11) is 3.26. The lowest BCUT2D eigenvalue weighted by atomic mass is 10.1. The predicted octanol–water partition coefficient (Wildman–Crippen LogP) is 0.916. The highest BCUT2D eigenvalue weighted by Gasteiger charge is 2.18. The third-order valence-electron chi connectivity index (χ3n) is 4.54. The molecule has 0 N–H and O–H groups in total. The van der Waals surface area contributed by atoms with Gasteiger partial charge in [0.15, 0.2) is 5.13 Å². The molecule has 0 aliphatic carbocycles. The maximum atomic E-state index is 12.2. The van der Waals surface area contributed by atoms with Gasteiger partial charge in [-0.15, -0.1) is 11.3 Å². The normalized spacial score (nSPS) is 10.5. The average molecular weight is 427 g/mol. The Morgan fingerprint density at radius 3 is 2.43 bits per heavy atom. The molecule has 1 aromatic carbocycles. The first-order valence-corrected chi connectivity index (χ1v) is 10.1. The van der Waals surface area contributed by atoms with E-state index in [1.807, 2.05) is 23.6 Å². The van der Waals surface area contributed by atoms with Crippen molar-refractivity contribution in [2.45, 2.75) is 27.2 Å². The van der Waals surface area contributed by atoms with Crippen LogP contribution in [0.1, 0.15) is 27.2 Å². The number of carbonyl (C=O) groups is 1. The van der Waals surface area contributed by atoms with Crippen LogP contribution in [0.4, 0.5) is 5.13 Å². The lowest BCUT2D eigenvalue weighted by molar-refractivity contribution is -0.116. The van der Waals surface area contributed by atoms with Crippen molar-refractivity contribution >= 4 is 22.4 Å². The van der Waals surface area contributed by atoms with Gasteiger partial charge >= 0.3 is 0 Å². The quantitative estimate of drug-likeness (QED) is 0.565. The van der Waals surface area contributed by atoms with Gasteiger partial charge in [0, 0.05) is 24.4 Å². The van der Waals surface area contributed by atoms with Crippen LogP contribution in [0.3, 0.4) is 0 Å². The van der Waals surface area contributed by atoms with Crippen molar-refractivity contribution in [3.63, 3.8) is 0 Å². The zero-order valence-corrected chi connectivity index (χ0v) is 18.8. The predicted molar refractivity (Wildman–Crippen MR) is 111 cm³/mol. The van der Waals surface area contributed by atoms with Gasteiger partial charge in [-0.3, -0.25) is 9.69 Å². The molecule has 0 spiro atoms. The van der Waals surface area contributed by atoms with Crippen LogP contribution in [0.2, 0.25) is 0 Å². The molecular formula is C20H29ClN3O3S-. The third-order valence-corrected chi connectivity index (χ3v) is 5.40. The van der Waals surface area contributed by atoms with Crippen LogP contribution in [0.15, 0.2) is 23.6 Å². The first-order chi connectivity index (χ1) is 13.0. The molecule has 1 amide bonds. The SMILES string of the molecule is CCN(CC)CCCN(C(C)=O)c1nc(-c2cc(OC)ccc2OC)cs1.[Cl-]. The van der Waals surface area contributed by atoms with Crippen LogP contribution >= 0.6 is 11.3 Å². The molecule has 1 aromatic heterocycles. The Bertz CT molecular complexity index is 750. The molecule has 0 aliphatic heterocycles. The lowest BCUT2D eigenvalue weighted by Crippen LogP contribution is -3.00. The number of rotatable bonds is 10. The van der Waals surface area contributed by atoms with Gasteiger partial charge in [-0.1, -0.05) is 13.8 Å². The van der Waals surface area contributed by atoms with Crippen molar-refractivity contribution < 1.29 is 26.7 Å². The van der Waals surface area contributed by atoms with Gasteiger partial charge < -0.3 is 26.8 Å². The second-order valence-corrected chi connectivity index (χ2v) is 6.97. The van der Waals surface area contributed by atoms with Gasteiger partial charge in [-0.25, -0.2) is 4.98 Å². The molecule has 0 radical (unpaired) electrons. The van der Waals surface area contributed by atoms with E-state index in [4.69, 9.17) is 14.5 Å². The Morgan fingerprint density at radius 1 is 1.14 bits per heavy atom. The van der Waals surface area contributed by atoms with Gasteiger partial charge in [0.1, 0.15) is 11.5 Å². The maximum Gasteiger partial charge on any atom is 0.225 e. The van der Waals surface area contributed by atoms with E-state index in [0.29, 0.717) is 11.7 Å². The molecule has 0 atom stereocenters. The zero-order valence-electron chi connectivity index (χ0n) is 17.2. The minimum absolute atomic E-state index is 0. The molecule has 0 bridgehead atoms. The van der Waals surface area contributed by atoms with Crippen LogP contribution in [0.25, 0.3) is 11.3 Å². The van der Waals surface area contributed by atoms with Gasteiger partial charge in [-0.05, 0) is 44.3 Å². The molecular weight excluding hydrogens is 398 g/mol. The number of carbonyl (C=O) groups excluding carboxylic acids is 1. The number of nitrogens with zero attached hydrogens (tertiary/aromatic N) is 3. The van der Waals surface area contributed by atoms with E-state index in [0.717, 1.165) is 48.8 Å². The smallest absolute Gasteiger partial charge is 0.225 e. The Labute approximate surface area is 177 Å². The van der Waals surface area contributed by atoms with Crippen molar-refractivity contribution in [1.29, 1.82) is 0 Å². The fourth-order valence-corrected chi connectivity index (χ4v) is 3.80. The molecule has 28 heavy (non-hydrogen) atoms. The van der Waals surface area contributed by atoms with Gasteiger partial charge in [-0.2, -0.15) is 0 Å². The highest BCUT2D eigenvalue weighted by molar-refractivity contribution is 7.14. The Kier molecular flexibility index (Phi) is 10.3. The van der Waals surface area contributed by atoms with E-state index in [1.54, 1.807) is 26.0 Å². The standard InChI is InChI=1S/C20H29N3O3S.ClH/c1-6-22(7-2)11-8-12-23(15(3)24)20-21-18(14-27-20)17-13-16(25-4)9-10-19(17)26-5;/h9-10,13-14H,6-8,11-12H2,1-5H3;1H/p-1. The number of hydrogen-bond donors (Lipinski definition) is 0. The molecule has 156 valence electrons. The van der Waals surface area contributed by atoms with Crippen molar-refractivity contribution in [1.82, 2.24) is 9.88 Å². The van der Waals surface area contributed by atoms with Crippen LogP contribution in [-0.2, 0) is 4.79 Å². The molecule has 1 heterocycles. The van der Waals surface area contributed by atoms with Gasteiger partial charge in [0.2, 0.25) is 5.91 Å². The summed E-state index contributed by atoms with van der Waals surface area (Å²) in [6.45, 7) is 9.57.